The number of halogens is 1. The number of carbonyl (C=O) groups excluding carboxylic acids is 1. The maximum absolute atomic E-state index is 13.8. The number of alkyl halides is 1. The number of rotatable bonds is 11. The molecule has 0 spiro atoms. The Morgan fingerprint density at radius 2 is 1.94 bits per heavy atom. The minimum Gasteiger partial charge on any atom is -0.462 e. The van der Waals surface area contributed by atoms with Crippen molar-refractivity contribution in [3.63, 3.8) is 0 Å². The number of nitrogens with zero attached hydrogens (tertiary/aromatic N) is 1. The monoisotopic (exact) mass is 529 g/mol. The van der Waals surface area contributed by atoms with E-state index in [2.05, 4.69) is 5.09 Å². The third-order valence-corrected chi connectivity index (χ3v) is 6.90. The standard InChI is InChI=1S/C22H29FN3O9P/c1-13(2)33-21(29)14(3)25-36(31,35-15-7-5-4-6-8-15)32-12-17-16(11-23)19(28)20(34-17)26-10-9-18(27)24-22(26)30/h4-10,13-14,16-17,19-20,28H,11-12H2,1-3H3,(H,25,31)(H,24,27,30)/t14-,16-,17-,19-,20-,36+/m1/s1. The maximum atomic E-state index is 13.8. The highest BCUT2D eigenvalue weighted by atomic mass is 31.2. The van der Waals surface area contributed by atoms with Crippen molar-refractivity contribution in [2.75, 3.05) is 13.3 Å². The zero-order chi connectivity index (χ0) is 26.5. The summed E-state index contributed by atoms with van der Waals surface area (Å²) in [5.74, 6) is -1.68. The SMILES string of the molecule is CC(C)OC(=O)[C@@H](C)N[P@](=O)(OC[C@H]1O[C@@H](n2ccc(=O)[nH]c2=O)[C@H](O)[C@@H]1CF)Oc1ccccc1. The van der Waals surface area contributed by atoms with Crippen LogP contribution < -0.4 is 20.9 Å². The lowest BCUT2D eigenvalue weighted by atomic mass is 10.00. The van der Waals surface area contributed by atoms with Crippen LogP contribution in [0.25, 0.3) is 0 Å². The summed E-state index contributed by atoms with van der Waals surface area (Å²) in [6, 6.07) is 7.99. The molecule has 3 N–H and O–H groups in total. The summed E-state index contributed by atoms with van der Waals surface area (Å²) in [5.41, 5.74) is -1.51. The fraction of sp³-hybridized carbons (Fsp3) is 0.500. The largest absolute Gasteiger partial charge is 0.462 e. The van der Waals surface area contributed by atoms with Crippen LogP contribution in [0, 0.1) is 5.92 Å². The van der Waals surface area contributed by atoms with Crippen LogP contribution in [-0.2, 0) is 23.4 Å². The van der Waals surface area contributed by atoms with E-state index in [0.717, 1.165) is 16.8 Å². The lowest BCUT2D eigenvalue weighted by molar-refractivity contribution is -0.149. The Kier molecular flexibility index (Phi) is 9.20. The Hall–Kier alpha value is -2.83. The van der Waals surface area contributed by atoms with Gasteiger partial charge in [-0.15, -0.1) is 0 Å². The number of esters is 1. The van der Waals surface area contributed by atoms with E-state index in [1.165, 1.54) is 19.1 Å². The molecule has 0 saturated carbocycles. The summed E-state index contributed by atoms with van der Waals surface area (Å²) in [7, 11) is -4.26. The minimum atomic E-state index is -4.26. The van der Waals surface area contributed by atoms with E-state index < -0.39 is 74.7 Å². The molecule has 1 saturated heterocycles. The van der Waals surface area contributed by atoms with Gasteiger partial charge in [0.1, 0.15) is 17.9 Å². The number of aromatic nitrogens is 2. The van der Waals surface area contributed by atoms with E-state index in [1.807, 2.05) is 4.98 Å². The molecule has 36 heavy (non-hydrogen) atoms. The molecule has 1 aliphatic heterocycles. The summed E-state index contributed by atoms with van der Waals surface area (Å²) >= 11 is 0. The van der Waals surface area contributed by atoms with E-state index >= 15 is 0 Å². The first-order chi connectivity index (χ1) is 17.0. The molecule has 1 fully saturated rings. The smallest absolute Gasteiger partial charge is 0.459 e. The maximum Gasteiger partial charge on any atom is 0.459 e. The highest BCUT2D eigenvalue weighted by Crippen LogP contribution is 2.46. The molecule has 1 aliphatic rings. The molecular formula is C22H29FN3O9P. The summed E-state index contributed by atoms with van der Waals surface area (Å²) in [4.78, 5) is 37.8. The fourth-order valence-corrected chi connectivity index (χ4v) is 5.01. The molecule has 1 aromatic carbocycles. The van der Waals surface area contributed by atoms with E-state index in [4.69, 9.17) is 18.5 Å². The Balaban J connectivity index is 1.79. The lowest BCUT2D eigenvalue weighted by Crippen LogP contribution is -2.37. The summed E-state index contributed by atoms with van der Waals surface area (Å²) in [6.07, 6.45) is -3.26. The second kappa shape index (κ2) is 11.9. The third kappa shape index (κ3) is 6.89. The summed E-state index contributed by atoms with van der Waals surface area (Å²) in [5, 5.41) is 13.1. The molecule has 0 radical (unpaired) electrons. The van der Waals surface area contributed by atoms with Gasteiger partial charge in [-0.3, -0.25) is 28.1 Å². The lowest BCUT2D eigenvalue weighted by Gasteiger charge is -2.25. The molecule has 3 rings (SSSR count). The number of hydrogen-bond donors (Lipinski definition) is 3. The topological polar surface area (TPSA) is 158 Å². The van der Waals surface area contributed by atoms with Crippen LogP contribution in [0.1, 0.15) is 27.0 Å². The van der Waals surface area contributed by atoms with Gasteiger partial charge in [-0.25, -0.2) is 9.36 Å². The van der Waals surface area contributed by atoms with Gasteiger partial charge in [-0.2, -0.15) is 5.09 Å². The number of benzene rings is 1. The van der Waals surface area contributed by atoms with Crippen molar-refractivity contribution >= 4 is 13.7 Å². The Labute approximate surface area is 205 Å². The van der Waals surface area contributed by atoms with Gasteiger partial charge in [0, 0.05) is 18.2 Å². The first-order valence-electron chi connectivity index (χ1n) is 11.2. The van der Waals surface area contributed by atoms with E-state index in [0.29, 0.717) is 0 Å². The van der Waals surface area contributed by atoms with Crippen molar-refractivity contribution in [1.29, 1.82) is 0 Å². The quantitative estimate of drug-likeness (QED) is 0.288. The molecule has 12 nitrogen and oxygen atoms in total. The van der Waals surface area contributed by atoms with Crippen LogP contribution in [0.5, 0.6) is 5.75 Å². The number of H-pyrrole nitrogens is 1. The normalized spacial score (nSPS) is 24.3. The van der Waals surface area contributed by atoms with Gasteiger partial charge in [-0.1, -0.05) is 18.2 Å². The van der Waals surface area contributed by atoms with Crippen molar-refractivity contribution in [3.05, 3.63) is 63.4 Å². The molecule has 198 valence electrons. The predicted molar refractivity (Wildman–Crippen MR) is 125 cm³/mol. The first-order valence-corrected chi connectivity index (χ1v) is 12.8. The fourth-order valence-electron chi connectivity index (χ4n) is 3.51. The Bertz CT molecular complexity index is 1190. The number of carbonyl (C=O) groups is 1. The van der Waals surface area contributed by atoms with Gasteiger partial charge in [0.15, 0.2) is 6.23 Å². The van der Waals surface area contributed by atoms with Crippen LogP contribution in [0.3, 0.4) is 0 Å². The Morgan fingerprint density at radius 1 is 1.25 bits per heavy atom. The molecule has 6 atom stereocenters. The number of ether oxygens (including phenoxy) is 2. The van der Waals surface area contributed by atoms with Crippen LogP contribution in [0.4, 0.5) is 4.39 Å². The van der Waals surface area contributed by atoms with Crippen molar-refractivity contribution in [1.82, 2.24) is 14.6 Å². The number of para-hydroxylation sites is 1. The molecular weight excluding hydrogens is 500 g/mol. The second-order valence-corrected chi connectivity index (χ2v) is 10.1. The number of nitrogens with one attached hydrogen (secondary N) is 2. The highest BCUT2D eigenvalue weighted by molar-refractivity contribution is 7.52. The number of aliphatic hydroxyl groups excluding tert-OH is 1. The predicted octanol–water partition coefficient (Wildman–Crippen LogP) is 1.51. The van der Waals surface area contributed by atoms with Gasteiger partial charge < -0.3 is 19.1 Å². The zero-order valence-electron chi connectivity index (χ0n) is 19.9. The molecule has 0 bridgehead atoms. The van der Waals surface area contributed by atoms with Crippen molar-refractivity contribution in [3.8, 4) is 5.75 Å². The second-order valence-electron chi connectivity index (χ2n) is 8.43. The van der Waals surface area contributed by atoms with Crippen LogP contribution >= 0.6 is 7.75 Å². The molecule has 14 heteroatoms. The van der Waals surface area contributed by atoms with Gasteiger partial charge in [0.25, 0.3) is 5.56 Å². The highest BCUT2D eigenvalue weighted by Gasteiger charge is 2.46. The van der Waals surface area contributed by atoms with E-state index in [-0.39, 0.29) is 5.75 Å². The summed E-state index contributed by atoms with van der Waals surface area (Å²) in [6.45, 7) is 3.16. The average molecular weight is 529 g/mol. The Morgan fingerprint density at radius 3 is 2.56 bits per heavy atom. The van der Waals surface area contributed by atoms with Gasteiger partial charge >= 0.3 is 19.4 Å². The molecule has 1 aromatic heterocycles. The number of hydrogen-bond acceptors (Lipinski definition) is 9. The first kappa shape index (κ1) is 27.8. The minimum absolute atomic E-state index is 0.171. The average Bonchev–Trinajstić information content (AvgIpc) is 3.13. The van der Waals surface area contributed by atoms with Gasteiger partial charge in [0.05, 0.1) is 25.5 Å². The molecule has 0 amide bonds. The molecule has 0 unspecified atom stereocenters. The van der Waals surface area contributed by atoms with Crippen molar-refractivity contribution in [2.45, 2.75) is 51.4 Å². The zero-order valence-corrected chi connectivity index (χ0v) is 20.8. The van der Waals surface area contributed by atoms with Gasteiger partial charge in [-0.05, 0) is 32.9 Å². The van der Waals surface area contributed by atoms with Crippen LogP contribution in [0.2, 0.25) is 0 Å². The van der Waals surface area contributed by atoms with E-state index in [9.17, 15) is 28.4 Å². The molecule has 0 aliphatic carbocycles. The van der Waals surface area contributed by atoms with Crippen LogP contribution in [-0.4, -0.2) is 58.3 Å². The number of aliphatic hydroxyl groups is 1. The number of aromatic amines is 1. The van der Waals surface area contributed by atoms with E-state index in [1.54, 1.807) is 32.0 Å². The van der Waals surface area contributed by atoms with Crippen LogP contribution in [0.15, 0.2) is 52.2 Å². The third-order valence-electron chi connectivity index (χ3n) is 5.26. The van der Waals surface area contributed by atoms with Crippen molar-refractivity contribution < 1.29 is 37.4 Å². The summed E-state index contributed by atoms with van der Waals surface area (Å²) < 4.78 is 50.2. The van der Waals surface area contributed by atoms with Gasteiger partial charge in [0.2, 0.25) is 0 Å². The van der Waals surface area contributed by atoms with Crippen molar-refractivity contribution in [2.24, 2.45) is 5.92 Å². The molecule has 2 heterocycles. The molecule has 2 aromatic rings.